The fourth-order valence-corrected chi connectivity index (χ4v) is 2.82. The number of carbonyl (C=O) groups excluding carboxylic acids is 3. The minimum absolute atomic E-state index is 0.0408. The van der Waals surface area contributed by atoms with Crippen molar-refractivity contribution in [1.29, 1.82) is 0 Å². The van der Waals surface area contributed by atoms with E-state index in [0.29, 0.717) is 5.56 Å². The monoisotopic (exact) mass is 398 g/mol. The lowest BCUT2D eigenvalue weighted by molar-refractivity contribution is -0.149. The predicted molar refractivity (Wildman–Crippen MR) is 94.0 cm³/mol. The van der Waals surface area contributed by atoms with Crippen molar-refractivity contribution in [1.82, 2.24) is 0 Å². The van der Waals surface area contributed by atoms with Crippen LogP contribution in [0.4, 0.5) is 8.78 Å². The van der Waals surface area contributed by atoms with Gasteiger partial charge in [-0.3, -0.25) is 9.59 Å². The van der Waals surface area contributed by atoms with Gasteiger partial charge in [-0.05, 0) is 25.0 Å². The Morgan fingerprint density at radius 3 is 2.68 bits per heavy atom. The Bertz CT molecular complexity index is 748. The second-order valence-electron chi connectivity index (χ2n) is 6.77. The third-order valence-corrected chi connectivity index (χ3v) is 4.23. The maximum atomic E-state index is 12.9. The molecular weight excluding hydrogens is 377 g/mol. The molecule has 2 rings (SSSR count). The van der Waals surface area contributed by atoms with Crippen LogP contribution in [0.1, 0.15) is 49.0 Å². The molecule has 1 N–H and O–H groups in total. The number of para-hydroxylation sites is 1. The number of alkyl halides is 2. The first-order valence-corrected chi connectivity index (χ1v) is 8.73. The number of benzene rings is 1. The van der Waals surface area contributed by atoms with Crippen LogP contribution in [-0.4, -0.2) is 42.6 Å². The minimum atomic E-state index is -2.93. The number of hydrogen-bond donors (Lipinski definition) is 1. The van der Waals surface area contributed by atoms with Gasteiger partial charge in [-0.15, -0.1) is 0 Å². The average Bonchev–Trinajstić information content (AvgIpc) is 2.59. The van der Waals surface area contributed by atoms with E-state index in [1.807, 2.05) is 0 Å². The van der Waals surface area contributed by atoms with E-state index in [1.54, 1.807) is 12.1 Å². The molecule has 1 aliphatic heterocycles. The molecule has 1 aliphatic rings. The van der Waals surface area contributed by atoms with E-state index < -0.39 is 49.8 Å². The highest BCUT2D eigenvalue weighted by Gasteiger charge is 2.38. The molecule has 152 valence electrons. The molecule has 0 spiro atoms. The van der Waals surface area contributed by atoms with E-state index >= 15 is 0 Å². The summed E-state index contributed by atoms with van der Waals surface area (Å²) in [6, 6.07) is 4.68. The van der Waals surface area contributed by atoms with Gasteiger partial charge >= 0.3 is 19.1 Å². The summed E-state index contributed by atoms with van der Waals surface area (Å²) in [5.41, 5.74) is 0.616. The van der Waals surface area contributed by atoms with E-state index in [-0.39, 0.29) is 30.6 Å². The van der Waals surface area contributed by atoms with Gasteiger partial charge in [-0.25, -0.2) is 13.6 Å². The fourth-order valence-electron chi connectivity index (χ4n) is 2.82. The minimum Gasteiger partial charge on any atom is -0.535 e. The highest BCUT2D eigenvalue weighted by Crippen LogP contribution is 2.37. The Kier molecular flexibility index (Phi) is 7.12. The standard InChI is InChI=1S/C18H21BF2O7/c1-11(22)26-10-27-17(24)15-5-3-4-12-8-13(19(25)28-16(12)15)9-14(23)6-7-18(2,20)21/h3-5,13,25H,6-10H2,1-2H3/t13-/m1/s1. The molecule has 28 heavy (non-hydrogen) atoms. The van der Waals surface area contributed by atoms with Gasteiger partial charge in [0.05, 0.1) is 0 Å². The zero-order valence-electron chi connectivity index (χ0n) is 15.6. The number of ketones is 1. The summed E-state index contributed by atoms with van der Waals surface area (Å²) >= 11 is 0. The number of fused-ring (bicyclic) bond motifs is 1. The molecule has 0 unspecified atom stereocenters. The third kappa shape index (κ3) is 6.30. The molecule has 0 aliphatic carbocycles. The number of ether oxygens (including phenoxy) is 2. The van der Waals surface area contributed by atoms with Crippen molar-refractivity contribution < 1.29 is 42.3 Å². The zero-order chi connectivity index (χ0) is 20.9. The Morgan fingerprint density at radius 1 is 1.32 bits per heavy atom. The van der Waals surface area contributed by atoms with E-state index in [9.17, 15) is 28.2 Å². The van der Waals surface area contributed by atoms with Crippen LogP contribution in [0.25, 0.3) is 0 Å². The lowest BCUT2D eigenvalue weighted by Crippen LogP contribution is -2.36. The fraction of sp³-hybridized carbons (Fsp3) is 0.500. The first-order chi connectivity index (χ1) is 13.1. The van der Waals surface area contributed by atoms with E-state index in [0.717, 1.165) is 6.92 Å². The van der Waals surface area contributed by atoms with Crippen LogP contribution in [-0.2, 0) is 25.5 Å². The van der Waals surface area contributed by atoms with Crippen LogP contribution in [0, 0.1) is 0 Å². The van der Waals surface area contributed by atoms with Crippen molar-refractivity contribution >= 4 is 24.8 Å². The molecule has 1 aromatic rings. The first kappa shape index (κ1) is 21.8. The summed E-state index contributed by atoms with van der Waals surface area (Å²) < 4.78 is 40.6. The van der Waals surface area contributed by atoms with Crippen molar-refractivity contribution in [2.45, 2.75) is 51.3 Å². The van der Waals surface area contributed by atoms with Crippen LogP contribution in [0.2, 0.25) is 5.82 Å². The van der Waals surface area contributed by atoms with Crippen LogP contribution >= 0.6 is 0 Å². The Balaban J connectivity index is 2.03. The predicted octanol–water partition coefficient (Wildman–Crippen LogP) is 2.54. The van der Waals surface area contributed by atoms with Gasteiger partial charge in [0, 0.05) is 32.0 Å². The Morgan fingerprint density at radius 2 is 2.04 bits per heavy atom. The molecule has 1 heterocycles. The van der Waals surface area contributed by atoms with Crippen molar-refractivity contribution in [2.24, 2.45) is 0 Å². The van der Waals surface area contributed by atoms with Gasteiger partial charge in [0.25, 0.3) is 0 Å². The average molecular weight is 398 g/mol. The van der Waals surface area contributed by atoms with Gasteiger partial charge in [0.1, 0.15) is 17.1 Å². The molecule has 0 saturated carbocycles. The number of halogens is 2. The smallest absolute Gasteiger partial charge is 0.526 e. The molecule has 1 atom stereocenters. The zero-order valence-corrected chi connectivity index (χ0v) is 15.6. The molecular formula is C18H21BF2O7. The molecule has 10 heteroatoms. The van der Waals surface area contributed by atoms with E-state index in [2.05, 4.69) is 4.74 Å². The van der Waals surface area contributed by atoms with Crippen LogP contribution in [0.5, 0.6) is 5.75 Å². The lowest BCUT2D eigenvalue weighted by Gasteiger charge is -2.28. The van der Waals surface area contributed by atoms with Crippen molar-refractivity contribution in [3.05, 3.63) is 29.3 Å². The molecule has 0 aromatic heterocycles. The maximum absolute atomic E-state index is 12.9. The summed E-state index contributed by atoms with van der Waals surface area (Å²) in [4.78, 5) is 34.8. The highest BCUT2D eigenvalue weighted by atomic mass is 19.3. The van der Waals surface area contributed by atoms with Crippen LogP contribution in [0.15, 0.2) is 18.2 Å². The Hall–Kier alpha value is -2.49. The SMILES string of the molecule is CC(=O)OCOC(=O)c1cccc2c1OB(O)[C@@H](CC(=O)CCC(C)(F)F)C2. The maximum Gasteiger partial charge on any atom is 0.526 e. The molecule has 0 amide bonds. The normalized spacial score (nSPS) is 16.0. The van der Waals surface area contributed by atoms with Crippen LogP contribution < -0.4 is 4.65 Å². The number of hydrogen-bond acceptors (Lipinski definition) is 7. The van der Waals surface area contributed by atoms with Crippen molar-refractivity contribution in [3.63, 3.8) is 0 Å². The molecule has 1 aromatic carbocycles. The summed E-state index contributed by atoms with van der Waals surface area (Å²) in [6.45, 7) is 1.36. The Labute approximate surface area is 161 Å². The molecule has 0 fully saturated rings. The van der Waals surface area contributed by atoms with Crippen molar-refractivity contribution in [2.75, 3.05) is 6.79 Å². The van der Waals surface area contributed by atoms with Gasteiger partial charge in [-0.2, -0.15) is 0 Å². The largest absolute Gasteiger partial charge is 0.535 e. The van der Waals surface area contributed by atoms with Gasteiger partial charge in [-0.1, -0.05) is 12.1 Å². The van der Waals surface area contributed by atoms with E-state index in [1.165, 1.54) is 13.0 Å². The van der Waals surface area contributed by atoms with Gasteiger partial charge in [0.2, 0.25) is 12.7 Å². The van der Waals surface area contributed by atoms with Gasteiger partial charge < -0.3 is 19.2 Å². The third-order valence-electron chi connectivity index (χ3n) is 4.23. The number of rotatable bonds is 8. The summed E-state index contributed by atoms with van der Waals surface area (Å²) in [5, 5.41) is 10.2. The first-order valence-electron chi connectivity index (χ1n) is 8.73. The quantitative estimate of drug-likeness (QED) is 0.408. The van der Waals surface area contributed by atoms with Gasteiger partial charge in [0.15, 0.2) is 0 Å². The van der Waals surface area contributed by atoms with E-state index in [4.69, 9.17) is 9.39 Å². The second-order valence-corrected chi connectivity index (χ2v) is 6.77. The summed E-state index contributed by atoms with van der Waals surface area (Å²) in [6.07, 6.45) is -0.722. The summed E-state index contributed by atoms with van der Waals surface area (Å²) in [5.74, 6) is -5.22. The van der Waals surface area contributed by atoms with Crippen LogP contribution in [0.3, 0.4) is 0 Å². The number of carbonyl (C=O) groups is 3. The molecule has 0 saturated heterocycles. The molecule has 7 nitrogen and oxygen atoms in total. The lowest BCUT2D eigenvalue weighted by atomic mass is 9.64. The highest BCUT2D eigenvalue weighted by molar-refractivity contribution is 6.47. The summed E-state index contributed by atoms with van der Waals surface area (Å²) in [7, 11) is -1.37. The molecule has 0 radical (unpaired) electrons. The molecule has 0 bridgehead atoms. The topological polar surface area (TPSA) is 99.1 Å². The van der Waals surface area contributed by atoms with Crippen molar-refractivity contribution in [3.8, 4) is 5.75 Å². The number of Topliss-reactive ketones (excluding diaryl/α,β-unsaturated/α-hetero) is 1. The number of esters is 2. The second kappa shape index (κ2) is 9.14.